The Kier molecular flexibility index (Phi) is 2.18. The van der Waals surface area contributed by atoms with Crippen LogP contribution in [0, 0.1) is 0 Å². The van der Waals surface area contributed by atoms with Gasteiger partial charge in [-0.05, 0) is 12.1 Å². The Morgan fingerprint density at radius 2 is 1.88 bits per heavy atom. The van der Waals surface area contributed by atoms with Crippen LogP contribution >= 0.6 is 0 Å². The lowest BCUT2D eigenvalue weighted by Crippen LogP contribution is -2.28. The predicted molar refractivity (Wildman–Crippen MR) is 58.8 cm³/mol. The first-order chi connectivity index (χ1) is 8.25. The number of likely N-dealkylation sites (tertiary alicyclic amines) is 1. The topological polar surface area (TPSA) is 63.4 Å². The summed E-state index contributed by atoms with van der Waals surface area (Å²) in [6.07, 6.45) is 0.600. The maximum atomic E-state index is 11.5. The van der Waals surface area contributed by atoms with E-state index in [0.29, 0.717) is 24.1 Å². The molecule has 2 amide bonds. The van der Waals surface area contributed by atoms with Gasteiger partial charge < -0.3 is 4.52 Å². The van der Waals surface area contributed by atoms with Gasteiger partial charge in [-0.3, -0.25) is 14.5 Å². The van der Waals surface area contributed by atoms with Gasteiger partial charge in [-0.1, -0.05) is 17.3 Å². The highest BCUT2D eigenvalue weighted by Crippen LogP contribution is 2.21. The van der Waals surface area contributed by atoms with Crippen molar-refractivity contribution in [3.05, 3.63) is 30.0 Å². The summed E-state index contributed by atoms with van der Waals surface area (Å²) in [7, 11) is 0. The molecule has 0 unspecified atom stereocenters. The number of carbonyl (C=O) groups excluding carboxylic acids is 2. The summed E-state index contributed by atoms with van der Waals surface area (Å²) in [5, 5.41) is 4.75. The summed E-state index contributed by atoms with van der Waals surface area (Å²) in [4.78, 5) is 24.2. The van der Waals surface area contributed by atoms with E-state index in [9.17, 15) is 9.59 Å². The number of carbonyl (C=O) groups is 2. The second-order valence-electron chi connectivity index (χ2n) is 4.00. The standard InChI is InChI=1S/C12H10N2O3/c15-11-5-6-12(16)14(11)7-9-8-3-1-2-4-10(8)17-13-9/h1-4H,5-7H2. The molecule has 0 spiro atoms. The highest BCUT2D eigenvalue weighted by atomic mass is 16.5. The first-order valence-electron chi connectivity index (χ1n) is 5.42. The first-order valence-corrected chi connectivity index (χ1v) is 5.42. The molecule has 0 N–H and O–H groups in total. The van der Waals surface area contributed by atoms with E-state index < -0.39 is 0 Å². The van der Waals surface area contributed by atoms with Crippen molar-refractivity contribution in [3.63, 3.8) is 0 Å². The molecule has 0 aliphatic carbocycles. The second-order valence-corrected chi connectivity index (χ2v) is 4.00. The van der Waals surface area contributed by atoms with E-state index in [0.717, 1.165) is 5.39 Å². The van der Waals surface area contributed by atoms with Crippen LogP contribution in [0.15, 0.2) is 28.8 Å². The van der Waals surface area contributed by atoms with E-state index in [4.69, 9.17) is 4.52 Å². The molecule has 3 rings (SSSR count). The van der Waals surface area contributed by atoms with Crippen molar-refractivity contribution in [2.24, 2.45) is 0 Å². The minimum absolute atomic E-state index is 0.137. The second kappa shape index (κ2) is 3.69. The average molecular weight is 230 g/mol. The van der Waals surface area contributed by atoms with Crippen LogP contribution in [0.5, 0.6) is 0 Å². The van der Waals surface area contributed by atoms with E-state index in [2.05, 4.69) is 5.16 Å². The summed E-state index contributed by atoms with van der Waals surface area (Å²) in [5.41, 5.74) is 1.30. The van der Waals surface area contributed by atoms with Gasteiger partial charge in [-0.2, -0.15) is 0 Å². The minimum Gasteiger partial charge on any atom is -0.356 e. The summed E-state index contributed by atoms with van der Waals surface area (Å²) in [5.74, 6) is -0.274. The SMILES string of the molecule is O=C1CCC(=O)N1Cc1noc2ccccc12. The molecule has 86 valence electrons. The third kappa shape index (κ3) is 1.60. The Hall–Kier alpha value is -2.17. The van der Waals surface area contributed by atoms with Crippen molar-refractivity contribution in [3.8, 4) is 0 Å². The highest BCUT2D eigenvalue weighted by molar-refractivity contribution is 6.02. The van der Waals surface area contributed by atoms with E-state index in [1.165, 1.54) is 4.90 Å². The molecule has 5 nitrogen and oxygen atoms in total. The Balaban J connectivity index is 1.95. The van der Waals surface area contributed by atoms with Gasteiger partial charge in [0.2, 0.25) is 11.8 Å². The predicted octanol–water partition coefficient (Wildman–Crippen LogP) is 1.48. The molecule has 1 aromatic heterocycles. The maximum Gasteiger partial charge on any atom is 0.230 e. The highest BCUT2D eigenvalue weighted by Gasteiger charge is 2.30. The molecule has 0 saturated carbocycles. The summed E-state index contributed by atoms with van der Waals surface area (Å²) in [6.45, 7) is 0.203. The van der Waals surface area contributed by atoms with Gasteiger partial charge in [0.15, 0.2) is 5.58 Å². The van der Waals surface area contributed by atoms with Crippen LogP contribution in [-0.4, -0.2) is 21.9 Å². The third-order valence-corrected chi connectivity index (χ3v) is 2.91. The monoisotopic (exact) mass is 230 g/mol. The molecule has 1 fully saturated rings. The molecule has 1 aromatic carbocycles. The number of fused-ring (bicyclic) bond motifs is 1. The van der Waals surface area contributed by atoms with E-state index in [-0.39, 0.29) is 18.4 Å². The van der Waals surface area contributed by atoms with Gasteiger partial charge in [0.1, 0.15) is 5.69 Å². The number of amides is 2. The van der Waals surface area contributed by atoms with E-state index in [1.807, 2.05) is 18.2 Å². The minimum atomic E-state index is -0.137. The largest absolute Gasteiger partial charge is 0.356 e. The smallest absolute Gasteiger partial charge is 0.230 e. The molecule has 0 bridgehead atoms. The molecule has 2 heterocycles. The fourth-order valence-corrected chi connectivity index (χ4v) is 2.00. The number of imide groups is 1. The zero-order valence-corrected chi connectivity index (χ0v) is 9.05. The van der Waals surface area contributed by atoms with Crippen LogP contribution < -0.4 is 0 Å². The molecule has 17 heavy (non-hydrogen) atoms. The lowest BCUT2D eigenvalue weighted by Gasteiger charge is -2.11. The lowest BCUT2D eigenvalue weighted by molar-refractivity contribution is -0.139. The van der Waals surface area contributed by atoms with Gasteiger partial charge in [-0.25, -0.2) is 0 Å². The van der Waals surface area contributed by atoms with Crippen molar-refractivity contribution in [1.82, 2.24) is 10.1 Å². The van der Waals surface area contributed by atoms with Crippen LogP contribution in [0.3, 0.4) is 0 Å². The number of para-hydroxylation sites is 1. The molecule has 0 radical (unpaired) electrons. The van der Waals surface area contributed by atoms with Crippen molar-refractivity contribution in [2.45, 2.75) is 19.4 Å². The number of hydrogen-bond acceptors (Lipinski definition) is 4. The quantitative estimate of drug-likeness (QED) is 0.733. The molecule has 1 saturated heterocycles. The van der Waals surface area contributed by atoms with Crippen molar-refractivity contribution < 1.29 is 14.1 Å². The Morgan fingerprint density at radius 3 is 2.65 bits per heavy atom. The molecule has 0 atom stereocenters. The molecule has 5 heteroatoms. The number of aromatic nitrogens is 1. The Labute approximate surface area is 97.0 Å². The molecular formula is C12H10N2O3. The molecule has 1 aliphatic heterocycles. The van der Waals surface area contributed by atoms with Gasteiger partial charge in [0.05, 0.1) is 6.54 Å². The first kappa shape index (κ1) is 10.0. The van der Waals surface area contributed by atoms with Gasteiger partial charge >= 0.3 is 0 Å². The van der Waals surface area contributed by atoms with Crippen molar-refractivity contribution in [1.29, 1.82) is 0 Å². The van der Waals surface area contributed by atoms with Gasteiger partial charge in [0, 0.05) is 18.2 Å². The number of nitrogens with zero attached hydrogens (tertiary/aromatic N) is 2. The lowest BCUT2D eigenvalue weighted by atomic mass is 10.2. The summed E-state index contributed by atoms with van der Waals surface area (Å²) in [6, 6.07) is 7.39. The van der Waals surface area contributed by atoms with Crippen molar-refractivity contribution >= 4 is 22.8 Å². The molecule has 1 aliphatic rings. The normalized spacial score (nSPS) is 16.1. The van der Waals surface area contributed by atoms with E-state index >= 15 is 0 Å². The number of rotatable bonds is 2. The summed E-state index contributed by atoms with van der Waals surface area (Å²) >= 11 is 0. The molecular weight excluding hydrogens is 220 g/mol. The average Bonchev–Trinajstić information content (AvgIpc) is 2.88. The Morgan fingerprint density at radius 1 is 1.18 bits per heavy atom. The third-order valence-electron chi connectivity index (χ3n) is 2.91. The maximum absolute atomic E-state index is 11.5. The van der Waals surface area contributed by atoms with Crippen LogP contribution in [0.4, 0.5) is 0 Å². The fourth-order valence-electron chi connectivity index (χ4n) is 2.00. The Bertz CT molecular complexity index is 587. The zero-order chi connectivity index (χ0) is 11.8. The number of benzene rings is 1. The number of hydrogen-bond donors (Lipinski definition) is 0. The van der Waals surface area contributed by atoms with Crippen LogP contribution in [0.25, 0.3) is 11.0 Å². The zero-order valence-electron chi connectivity index (χ0n) is 9.05. The fraction of sp³-hybridized carbons (Fsp3) is 0.250. The summed E-state index contributed by atoms with van der Waals surface area (Å²) < 4.78 is 5.13. The van der Waals surface area contributed by atoms with Gasteiger partial charge in [0.25, 0.3) is 0 Å². The van der Waals surface area contributed by atoms with Crippen LogP contribution in [-0.2, 0) is 16.1 Å². The van der Waals surface area contributed by atoms with Crippen LogP contribution in [0.1, 0.15) is 18.5 Å². The van der Waals surface area contributed by atoms with Crippen LogP contribution in [0.2, 0.25) is 0 Å². The van der Waals surface area contributed by atoms with E-state index in [1.54, 1.807) is 6.07 Å². The van der Waals surface area contributed by atoms with Crippen molar-refractivity contribution in [2.75, 3.05) is 0 Å². The van der Waals surface area contributed by atoms with Gasteiger partial charge in [-0.15, -0.1) is 0 Å². The molecule has 2 aromatic rings.